The van der Waals surface area contributed by atoms with E-state index in [1.54, 1.807) is 12.4 Å². The van der Waals surface area contributed by atoms with Gasteiger partial charge in [-0.15, -0.1) is 0 Å². The van der Waals surface area contributed by atoms with Crippen LogP contribution in [0.25, 0.3) is 0 Å². The maximum atomic E-state index is 5.85. The van der Waals surface area contributed by atoms with Gasteiger partial charge in [0.15, 0.2) is 0 Å². The van der Waals surface area contributed by atoms with Crippen molar-refractivity contribution in [2.75, 3.05) is 5.73 Å². The Morgan fingerprint density at radius 3 is 1.88 bits per heavy atom. The van der Waals surface area contributed by atoms with Crippen LogP contribution in [0.1, 0.15) is 35.1 Å². The van der Waals surface area contributed by atoms with Crippen LogP contribution in [0.2, 0.25) is 0 Å². The number of nitrogens with two attached hydrogens (primary N) is 1. The normalized spacial score (nSPS) is 21.1. The highest BCUT2D eigenvalue weighted by Gasteiger charge is 2.51. The lowest BCUT2D eigenvalue weighted by Gasteiger charge is -2.32. The lowest BCUT2D eigenvalue weighted by molar-refractivity contribution is 0.00578. The average Bonchev–Trinajstić information content (AvgIpc) is 2.37. The van der Waals surface area contributed by atoms with Crippen LogP contribution in [-0.2, 0) is 9.31 Å². The number of hydrogen-bond acceptors (Lipinski definition) is 5. The van der Waals surface area contributed by atoms with E-state index in [4.69, 9.17) is 15.0 Å². The molecule has 17 heavy (non-hydrogen) atoms. The zero-order valence-electron chi connectivity index (χ0n) is 10.0. The summed E-state index contributed by atoms with van der Waals surface area (Å²) in [5, 5.41) is 0. The van der Waals surface area contributed by atoms with Crippen molar-refractivity contribution >= 4 is 18.5 Å². The van der Waals surface area contributed by atoms with E-state index in [2.05, 4.69) is 9.97 Å². The van der Waals surface area contributed by atoms with Crippen LogP contribution in [0.15, 0.2) is 12.4 Å². The van der Waals surface area contributed by atoms with E-state index < -0.39 is 7.12 Å². The first-order valence-corrected chi connectivity index (χ1v) is 5.25. The van der Waals surface area contributed by atoms with Gasteiger partial charge >= 0.3 is 7.12 Å². The number of nitrogen functional groups attached to an aromatic ring is 1. The number of anilines is 1. The molecule has 1 aromatic heterocycles. The average molecular weight is 237 g/mol. The Hall–Kier alpha value is -1.14. The molecule has 0 spiro atoms. The largest absolute Gasteiger partial charge is 0.498 e. The van der Waals surface area contributed by atoms with Gasteiger partial charge in [0.2, 0.25) is 5.95 Å². The molecule has 1 saturated heterocycles. The first kappa shape index (κ1) is 13.9. The maximum absolute atomic E-state index is 5.85. The molecule has 1 aliphatic heterocycles. The van der Waals surface area contributed by atoms with Crippen molar-refractivity contribution in [2.24, 2.45) is 0 Å². The molecule has 2 rings (SSSR count). The summed E-state index contributed by atoms with van der Waals surface area (Å²) in [4.78, 5) is 7.85. The van der Waals surface area contributed by atoms with E-state index in [0.29, 0.717) is 0 Å². The van der Waals surface area contributed by atoms with E-state index >= 15 is 0 Å². The number of aromatic nitrogens is 2. The summed E-state index contributed by atoms with van der Waals surface area (Å²) in [6.07, 6.45) is 3.26. The van der Waals surface area contributed by atoms with Crippen LogP contribution in [0.3, 0.4) is 0 Å². The highest BCUT2D eigenvalue weighted by Crippen LogP contribution is 2.36. The summed E-state index contributed by atoms with van der Waals surface area (Å²) in [7, 11) is -0.425. The fourth-order valence-corrected chi connectivity index (χ4v) is 1.45. The van der Waals surface area contributed by atoms with Crippen LogP contribution in [-0.4, -0.2) is 28.3 Å². The van der Waals surface area contributed by atoms with E-state index in [-0.39, 0.29) is 24.6 Å². The Morgan fingerprint density at radius 2 is 1.47 bits per heavy atom. The third-order valence-electron chi connectivity index (χ3n) is 3.22. The van der Waals surface area contributed by atoms with Crippen LogP contribution in [0, 0.1) is 0 Å². The quantitative estimate of drug-likeness (QED) is 0.737. The molecule has 0 bridgehead atoms. The van der Waals surface area contributed by atoms with Gasteiger partial charge in [0.1, 0.15) is 0 Å². The molecule has 2 heterocycles. The number of rotatable bonds is 1. The van der Waals surface area contributed by atoms with Crippen molar-refractivity contribution in [2.45, 2.75) is 46.3 Å². The molecule has 94 valence electrons. The van der Waals surface area contributed by atoms with Gasteiger partial charge in [-0.3, -0.25) is 0 Å². The molecule has 0 aliphatic carbocycles. The summed E-state index contributed by atoms with van der Waals surface area (Å²) in [6.45, 7) is 8.02. The Morgan fingerprint density at radius 1 is 1.06 bits per heavy atom. The Balaban J connectivity index is 0.00000144. The third-order valence-corrected chi connectivity index (χ3v) is 3.22. The minimum atomic E-state index is -0.425. The minimum Gasteiger partial charge on any atom is -0.399 e. The molecular weight excluding hydrogens is 217 g/mol. The molecular formula is C11H20BN3O2. The standard InChI is InChI=1S/C10H16BN3O2.CH4/c1-9(2)10(3,4)16-11(15-9)7-5-13-8(12)14-6-7;/h5-6H,1-4H3,(H2,12,13,14);1H4. The molecule has 0 radical (unpaired) electrons. The predicted octanol–water partition coefficient (Wildman–Crippen LogP) is 0.994. The highest BCUT2D eigenvalue weighted by atomic mass is 16.7. The zero-order valence-corrected chi connectivity index (χ0v) is 10.0. The van der Waals surface area contributed by atoms with E-state index in [0.717, 1.165) is 5.46 Å². The molecule has 0 amide bonds. The van der Waals surface area contributed by atoms with Crippen molar-refractivity contribution in [1.82, 2.24) is 9.97 Å². The second-order valence-electron chi connectivity index (χ2n) is 4.96. The molecule has 2 N–H and O–H groups in total. The molecule has 0 atom stereocenters. The molecule has 0 aromatic carbocycles. The molecule has 0 unspecified atom stereocenters. The van der Waals surface area contributed by atoms with Gasteiger partial charge in [-0.2, -0.15) is 0 Å². The van der Waals surface area contributed by atoms with E-state index in [1.165, 1.54) is 0 Å². The second-order valence-corrected chi connectivity index (χ2v) is 4.96. The highest BCUT2D eigenvalue weighted by molar-refractivity contribution is 6.61. The summed E-state index contributed by atoms with van der Waals surface area (Å²) in [6, 6.07) is 0. The van der Waals surface area contributed by atoms with Crippen LogP contribution < -0.4 is 11.2 Å². The molecule has 5 nitrogen and oxygen atoms in total. The summed E-state index contributed by atoms with van der Waals surface area (Å²) < 4.78 is 11.7. The minimum absolute atomic E-state index is 0. The van der Waals surface area contributed by atoms with Crippen LogP contribution in [0.4, 0.5) is 5.95 Å². The third kappa shape index (κ3) is 2.42. The zero-order chi connectivity index (χ0) is 12.0. The maximum Gasteiger partial charge on any atom is 0.498 e. The Bertz CT molecular complexity index is 376. The van der Waals surface area contributed by atoms with Gasteiger partial charge in [-0.1, -0.05) is 7.43 Å². The fourth-order valence-electron chi connectivity index (χ4n) is 1.45. The predicted molar refractivity (Wildman–Crippen MR) is 68.9 cm³/mol. The van der Waals surface area contributed by atoms with Gasteiger partial charge in [-0.05, 0) is 27.7 Å². The van der Waals surface area contributed by atoms with Gasteiger partial charge in [-0.25, -0.2) is 9.97 Å². The molecule has 0 saturated carbocycles. The van der Waals surface area contributed by atoms with Crippen molar-refractivity contribution < 1.29 is 9.31 Å². The monoisotopic (exact) mass is 237 g/mol. The van der Waals surface area contributed by atoms with Crippen molar-refractivity contribution in [3.63, 3.8) is 0 Å². The Kier molecular flexibility index (Phi) is 3.50. The van der Waals surface area contributed by atoms with Gasteiger partial charge in [0.25, 0.3) is 0 Å². The van der Waals surface area contributed by atoms with E-state index in [9.17, 15) is 0 Å². The SMILES string of the molecule is C.CC1(C)OB(c2cnc(N)nc2)OC1(C)C. The van der Waals surface area contributed by atoms with Crippen LogP contribution in [0.5, 0.6) is 0 Å². The summed E-state index contributed by atoms with van der Waals surface area (Å²) >= 11 is 0. The molecule has 6 heteroatoms. The Labute approximate surface area is 103 Å². The first-order chi connectivity index (χ1) is 7.32. The summed E-state index contributed by atoms with van der Waals surface area (Å²) in [5.74, 6) is 0.250. The lowest BCUT2D eigenvalue weighted by atomic mass is 9.81. The number of hydrogen-bond donors (Lipinski definition) is 1. The molecule has 1 aliphatic rings. The van der Waals surface area contributed by atoms with Gasteiger partial charge in [0, 0.05) is 17.9 Å². The topological polar surface area (TPSA) is 70.3 Å². The van der Waals surface area contributed by atoms with Crippen molar-refractivity contribution in [3.05, 3.63) is 12.4 Å². The fraction of sp³-hybridized carbons (Fsp3) is 0.636. The second kappa shape index (κ2) is 4.27. The summed E-state index contributed by atoms with van der Waals surface area (Å²) in [5.41, 5.74) is 5.52. The first-order valence-electron chi connectivity index (χ1n) is 5.25. The van der Waals surface area contributed by atoms with Gasteiger partial charge < -0.3 is 15.0 Å². The van der Waals surface area contributed by atoms with Crippen molar-refractivity contribution in [1.29, 1.82) is 0 Å². The lowest BCUT2D eigenvalue weighted by Crippen LogP contribution is -2.41. The van der Waals surface area contributed by atoms with E-state index in [1.807, 2.05) is 27.7 Å². The molecule has 1 aromatic rings. The van der Waals surface area contributed by atoms with Crippen LogP contribution >= 0.6 is 0 Å². The van der Waals surface area contributed by atoms with Gasteiger partial charge in [0.05, 0.1) is 11.2 Å². The molecule has 1 fully saturated rings. The smallest absolute Gasteiger partial charge is 0.399 e. The van der Waals surface area contributed by atoms with Crippen molar-refractivity contribution in [3.8, 4) is 0 Å². The number of nitrogens with zero attached hydrogens (tertiary/aromatic N) is 2.